The Labute approximate surface area is 255 Å². The quantitative estimate of drug-likeness (QED) is 0.0381. The summed E-state index contributed by atoms with van der Waals surface area (Å²) in [6, 6.07) is 0. The first kappa shape index (κ1) is 40.6. The van der Waals surface area contributed by atoms with E-state index in [4.69, 9.17) is 4.74 Å². The van der Waals surface area contributed by atoms with Crippen molar-refractivity contribution in [3.8, 4) is 0 Å². The van der Waals surface area contributed by atoms with E-state index in [1.54, 1.807) is 0 Å². The second kappa shape index (κ2) is 14.1. The van der Waals surface area contributed by atoms with Crippen LogP contribution in [0.1, 0.15) is 12.8 Å². The van der Waals surface area contributed by atoms with Gasteiger partial charge in [-0.25, -0.2) is 0 Å². The van der Waals surface area contributed by atoms with Crippen LogP contribution in [0.15, 0.2) is 0 Å². The molecule has 0 unspecified atom stereocenters. The van der Waals surface area contributed by atoms with E-state index in [2.05, 4.69) is 0 Å². The van der Waals surface area contributed by atoms with E-state index in [0.29, 0.717) is 0 Å². The lowest BCUT2D eigenvalue weighted by Crippen LogP contribution is -2.64. The summed E-state index contributed by atoms with van der Waals surface area (Å²) < 4.78 is 4.72. The number of carboxylic acid groups (broad SMARTS) is 12. The molecule has 0 aliphatic heterocycles. The molecule has 25 nitrogen and oxygen atoms in total. The molecule has 0 aliphatic rings. The smallest absolute Gasteiger partial charge is 0.333 e. The van der Waals surface area contributed by atoms with Gasteiger partial charge in [-0.1, -0.05) is 0 Å². The zero-order valence-electron chi connectivity index (χ0n) is 22.7. The van der Waals surface area contributed by atoms with E-state index < -0.39 is 131 Å². The van der Waals surface area contributed by atoms with Gasteiger partial charge in [0, 0.05) is 25.0 Å². The van der Waals surface area contributed by atoms with Gasteiger partial charge in [0.15, 0.2) is 0 Å². The molecule has 25 heteroatoms. The first-order valence-electron chi connectivity index (χ1n) is 11.7. The molecular weight excluding hydrogens is 664 g/mol. The second-order valence-electron chi connectivity index (χ2n) is 9.19. The van der Waals surface area contributed by atoms with Crippen molar-refractivity contribution in [3.05, 3.63) is 0 Å². The highest BCUT2D eigenvalue weighted by molar-refractivity contribution is 6.23. The standard InChI is InChI=1S/C22H22O25/c23-7(24)19(8(25)26,9(27)28)5(20(10(29)30,11(31)32)12(33)34)1-3-47-4-2-6(21(13(35)36,14(37)38)15(39)40)22(16(41)42,17(43)44)18(45)46/h5-6H,1-4H2,(H,23,24)(H,25,26)(H,27,28)(H,29,30)(H,31,32)(H,33,34)(H,35,36)(H,37,38)(H,39,40)(H,41,42)(H,43,44)(H,45,46). The van der Waals surface area contributed by atoms with Crippen LogP contribution in [0.4, 0.5) is 0 Å². The minimum atomic E-state index is -4.61. The van der Waals surface area contributed by atoms with Crippen molar-refractivity contribution in [2.75, 3.05) is 13.2 Å². The molecule has 0 atom stereocenters. The normalized spacial score (nSPS) is 12.1. The Morgan fingerprint density at radius 3 is 0.553 bits per heavy atom. The van der Waals surface area contributed by atoms with Gasteiger partial charge < -0.3 is 66.0 Å². The fourth-order valence-corrected chi connectivity index (χ4v) is 4.91. The maximum atomic E-state index is 11.9. The van der Waals surface area contributed by atoms with Crippen LogP contribution in [0.5, 0.6) is 0 Å². The lowest BCUT2D eigenvalue weighted by Gasteiger charge is -2.38. The van der Waals surface area contributed by atoms with Crippen molar-refractivity contribution in [1.82, 2.24) is 0 Å². The van der Waals surface area contributed by atoms with Crippen molar-refractivity contribution >= 4 is 71.6 Å². The van der Waals surface area contributed by atoms with Gasteiger partial charge in [-0.3, -0.25) is 57.5 Å². The Kier molecular flexibility index (Phi) is 12.2. The minimum absolute atomic E-state index is 1.59. The average Bonchev–Trinajstić information content (AvgIpc) is 2.86. The molecule has 0 radical (unpaired) electrons. The van der Waals surface area contributed by atoms with Crippen LogP contribution >= 0.6 is 0 Å². The van der Waals surface area contributed by atoms with Gasteiger partial charge in [-0.05, 0) is 12.8 Å². The molecule has 0 rings (SSSR count). The minimum Gasteiger partial charge on any atom is -0.480 e. The number of rotatable bonds is 22. The number of ether oxygens (including phenoxy) is 1. The van der Waals surface area contributed by atoms with Gasteiger partial charge in [0.05, 0.1) is 0 Å². The van der Waals surface area contributed by atoms with Crippen molar-refractivity contribution < 1.29 is 124 Å². The predicted molar refractivity (Wildman–Crippen MR) is 128 cm³/mol. The van der Waals surface area contributed by atoms with Gasteiger partial charge in [-0.15, -0.1) is 0 Å². The summed E-state index contributed by atoms with van der Waals surface area (Å²) in [7, 11) is 0. The summed E-state index contributed by atoms with van der Waals surface area (Å²) in [5.74, 6) is -43.3. The van der Waals surface area contributed by atoms with Crippen LogP contribution in [0.3, 0.4) is 0 Å². The number of carboxylic acids is 12. The molecule has 12 N–H and O–H groups in total. The highest BCUT2D eigenvalue weighted by atomic mass is 16.5. The SMILES string of the molecule is O=C(O)C(C(=O)O)(C(=O)O)C(CCOCCC(C(C(=O)O)(C(=O)O)C(=O)O)C(C(=O)O)(C(=O)O)C(=O)O)C(C(=O)O)(C(=O)O)C(=O)O. The molecule has 0 amide bonds. The third kappa shape index (κ3) is 5.88. The molecule has 0 bridgehead atoms. The van der Waals surface area contributed by atoms with Gasteiger partial charge in [0.1, 0.15) is 0 Å². The number of hydrogen-bond acceptors (Lipinski definition) is 13. The summed E-state index contributed by atoms with van der Waals surface area (Å²) in [5.41, 5.74) is -18.5. The van der Waals surface area contributed by atoms with E-state index in [1.165, 1.54) is 0 Å². The summed E-state index contributed by atoms with van der Waals surface area (Å²) in [5, 5.41) is 114. The summed E-state index contributed by atoms with van der Waals surface area (Å²) in [6.07, 6.45) is -3.66. The van der Waals surface area contributed by atoms with Gasteiger partial charge >= 0.3 is 71.6 Å². The van der Waals surface area contributed by atoms with Crippen LogP contribution in [-0.4, -0.2) is 146 Å². The second-order valence-corrected chi connectivity index (χ2v) is 9.19. The fraction of sp³-hybridized carbons (Fsp3) is 0.455. The zero-order chi connectivity index (χ0) is 37.6. The van der Waals surface area contributed by atoms with Gasteiger partial charge in [-0.2, -0.15) is 0 Å². The summed E-state index contributed by atoms with van der Waals surface area (Å²) in [6.45, 7) is -3.19. The van der Waals surface area contributed by atoms with E-state index in [1.807, 2.05) is 0 Å². The maximum absolute atomic E-state index is 11.9. The lowest BCUT2D eigenvalue weighted by molar-refractivity contribution is -0.200. The van der Waals surface area contributed by atoms with Crippen LogP contribution in [-0.2, 0) is 62.3 Å². The van der Waals surface area contributed by atoms with Crippen molar-refractivity contribution in [1.29, 1.82) is 0 Å². The first-order chi connectivity index (χ1) is 21.3. The monoisotopic (exact) mass is 686 g/mol. The molecule has 0 saturated heterocycles. The molecule has 0 aromatic carbocycles. The van der Waals surface area contributed by atoms with Crippen molar-refractivity contribution in [3.63, 3.8) is 0 Å². The topological polar surface area (TPSA) is 457 Å². The number of hydrogen-bond donors (Lipinski definition) is 12. The molecule has 0 aromatic rings. The highest BCUT2D eigenvalue weighted by Crippen LogP contribution is 2.47. The van der Waals surface area contributed by atoms with E-state index in [-0.39, 0.29) is 0 Å². The molecule has 0 aliphatic carbocycles. The van der Waals surface area contributed by atoms with E-state index in [9.17, 15) is 119 Å². The maximum Gasteiger partial charge on any atom is 0.333 e. The fourth-order valence-electron chi connectivity index (χ4n) is 4.91. The molecule has 0 aromatic heterocycles. The molecule has 260 valence electrons. The zero-order valence-corrected chi connectivity index (χ0v) is 22.7. The highest BCUT2D eigenvalue weighted by Gasteiger charge is 2.75. The van der Waals surface area contributed by atoms with Crippen LogP contribution in [0, 0.1) is 33.5 Å². The molecule has 0 spiro atoms. The molecule has 0 heterocycles. The Bertz CT molecular complexity index is 1080. The van der Waals surface area contributed by atoms with Crippen molar-refractivity contribution in [2.24, 2.45) is 33.5 Å². The third-order valence-electron chi connectivity index (χ3n) is 7.24. The Morgan fingerprint density at radius 1 is 0.319 bits per heavy atom. The Morgan fingerprint density at radius 2 is 0.447 bits per heavy atom. The van der Waals surface area contributed by atoms with E-state index in [0.717, 1.165) is 0 Å². The number of aliphatic carboxylic acids is 12. The molecular formula is C22H22O25. The number of carbonyl (C=O) groups is 12. The van der Waals surface area contributed by atoms with Crippen LogP contribution in [0.2, 0.25) is 0 Å². The molecule has 0 saturated carbocycles. The van der Waals surface area contributed by atoms with E-state index >= 15 is 0 Å². The Balaban J connectivity index is 7.36. The van der Waals surface area contributed by atoms with Crippen LogP contribution < -0.4 is 0 Å². The molecule has 0 fully saturated rings. The average molecular weight is 686 g/mol. The van der Waals surface area contributed by atoms with Crippen LogP contribution in [0.25, 0.3) is 0 Å². The predicted octanol–water partition coefficient (Wildman–Crippen LogP) is -4.02. The lowest BCUT2D eigenvalue weighted by atomic mass is 9.59. The Hall–Kier alpha value is -6.40. The summed E-state index contributed by atoms with van der Waals surface area (Å²) >= 11 is 0. The largest absolute Gasteiger partial charge is 0.480 e. The summed E-state index contributed by atoms with van der Waals surface area (Å²) in [4.78, 5) is 143. The van der Waals surface area contributed by atoms with Gasteiger partial charge in [0.2, 0.25) is 0 Å². The van der Waals surface area contributed by atoms with Crippen molar-refractivity contribution in [2.45, 2.75) is 12.8 Å². The molecule has 47 heavy (non-hydrogen) atoms. The third-order valence-corrected chi connectivity index (χ3v) is 7.24. The first-order valence-corrected chi connectivity index (χ1v) is 11.7. The van der Waals surface area contributed by atoms with Gasteiger partial charge in [0.25, 0.3) is 21.7 Å².